The van der Waals surface area contributed by atoms with Gasteiger partial charge in [-0.3, -0.25) is 0 Å². The van der Waals surface area contributed by atoms with Crippen molar-refractivity contribution in [2.24, 2.45) is 7.05 Å². The number of hydrogen-bond acceptors (Lipinski definition) is 4. The molecule has 21 heavy (non-hydrogen) atoms. The van der Waals surface area contributed by atoms with E-state index in [0.717, 1.165) is 22.4 Å². The number of hydrogen-bond donors (Lipinski definition) is 0. The molecule has 2 heterocycles. The summed E-state index contributed by atoms with van der Waals surface area (Å²) in [7, 11) is 3.61. The van der Waals surface area contributed by atoms with Crippen LogP contribution in [0, 0.1) is 0 Å². The minimum absolute atomic E-state index is 0.517. The number of benzene rings is 1. The van der Waals surface area contributed by atoms with E-state index in [0.29, 0.717) is 19.1 Å². The summed E-state index contributed by atoms with van der Waals surface area (Å²) in [5, 5.41) is 0. The van der Waals surface area contributed by atoms with Gasteiger partial charge in [-0.25, -0.2) is 9.55 Å². The zero-order valence-electron chi connectivity index (χ0n) is 12.1. The molecule has 0 aliphatic carbocycles. The molecule has 3 rings (SSSR count). The van der Waals surface area contributed by atoms with Crippen molar-refractivity contribution in [1.29, 1.82) is 0 Å². The van der Waals surface area contributed by atoms with E-state index in [4.69, 9.17) is 13.9 Å². The second kappa shape index (κ2) is 5.93. The lowest BCUT2D eigenvalue weighted by atomic mass is 10.2. The van der Waals surface area contributed by atoms with E-state index in [1.807, 2.05) is 54.3 Å². The molecule has 0 unspecified atom stereocenters. The Bertz CT molecular complexity index is 752. The van der Waals surface area contributed by atoms with Crippen molar-refractivity contribution in [2.75, 3.05) is 20.3 Å². The molecule has 0 saturated heterocycles. The standard InChI is InChI=1S/C16H17N2O3/c1-18-7-6-15-14(11-18)17-16(21-15)12-4-3-5-13(10-12)20-9-8-19-2/h3-7,10-11H,8-9H2,1-2H3/q+1. The highest BCUT2D eigenvalue weighted by Gasteiger charge is 2.11. The number of ether oxygens (including phenoxy) is 2. The van der Waals surface area contributed by atoms with Crippen molar-refractivity contribution in [3.05, 3.63) is 42.7 Å². The number of aryl methyl sites for hydroxylation is 1. The maximum Gasteiger partial charge on any atom is 0.227 e. The Kier molecular flexibility index (Phi) is 3.83. The lowest BCUT2D eigenvalue weighted by Crippen LogP contribution is -2.25. The summed E-state index contributed by atoms with van der Waals surface area (Å²) in [5.74, 6) is 1.37. The van der Waals surface area contributed by atoms with Gasteiger partial charge >= 0.3 is 0 Å². The van der Waals surface area contributed by atoms with Gasteiger partial charge in [0.05, 0.1) is 6.61 Å². The molecular weight excluding hydrogens is 268 g/mol. The second-order valence-electron chi connectivity index (χ2n) is 4.75. The summed E-state index contributed by atoms with van der Waals surface area (Å²) in [6.45, 7) is 1.08. The number of rotatable bonds is 5. The molecule has 0 bridgehead atoms. The van der Waals surface area contributed by atoms with Crippen molar-refractivity contribution in [3.8, 4) is 17.2 Å². The Morgan fingerprint density at radius 1 is 1.24 bits per heavy atom. The number of pyridine rings is 1. The quantitative estimate of drug-likeness (QED) is 0.533. The third kappa shape index (κ3) is 3.03. The average Bonchev–Trinajstić information content (AvgIpc) is 2.91. The predicted octanol–water partition coefficient (Wildman–Crippen LogP) is 2.34. The molecular formula is C16H17N2O3+. The Labute approximate surface area is 122 Å². The Morgan fingerprint density at radius 3 is 3.00 bits per heavy atom. The van der Waals surface area contributed by atoms with E-state index < -0.39 is 0 Å². The van der Waals surface area contributed by atoms with Crippen LogP contribution in [0.15, 0.2) is 47.1 Å². The molecule has 0 saturated carbocycles. The normalized spacial score (nSPS) is 11.0. The number of oxazole rings is 1. The van der Waals surface area contributed by atoms with Gasteiger partial charge < -0.3 is 13.9 Å². The molecule has 2 aromatic heterocycles. The number of methoxy groups -OCH3 is 1. The van der Waals surface area contributed by atoms with Crippen LogP contribution in [0.25, 0.3) is 22.6 Å². The summed E-state index contributed by atoms with van der Waals surface area (Å²) in [6.07, 6.45) is 3.86. The molecule has 0 fully saturated rings. The van der Waals surface area contributed by atoms with Crippen molar-refractivity contribution in [2.45, 2.75) is 0 Å². The minimum atomic E-state index is 0.517. The summed E-state index contributed by atoms with van der Waals surface area (Å²) >= 11 is 0. The van der Waals surface area contributed by atoms with Crippen LogP contribution in [0.1, 0.15) is 0 Å². The first-order valence-corrected chi connectivity index (χ1v) is 6.74. The van der Waals surface area contributed by atoms with Crippen LogP contribution in [0.4, 0.5) is 0 Å². The zero-order valence-corrected chi connectivity index (χ0v) is 12.1. The SMILES string of the molecule is COCCOc1cccc(-c2nc3c[n+](C)ccc3o2)c1. The fourth-order valence-electron chi connectivity index (χ4n) is 2.06. The highest BCUT2D eigenvalue weighted by atomic mass is 16.5. The lowest BCUT2D eigenvalue weighted by molar-refractivity contribution is -0.670. The first-order valence-electron chi connectivity index (χ1n) is 6.74. The molecule has 1 aromatic carbocycles. The summed E-state index contributed by atoms with van der Waals surface area (Å²) in [4.78, 5) is 4.51. The van der Waals surface area contributed by atoms with Gasteiger partial charge in [0.2, 0.25) is 5.89 Å². The maximum absolute atomic E-state index is 5.79. The first kappa shape index (κ1) is 13.6. The third-order valence-corrected chi connectivity index (χ3v) is 3.11. The Hall–Kier alpha value is -2.40. The van der Waals surface area contributed by atoms with Gasteiger partial charge in [0, 0.05) is 18.7 Å². The van der Waals surface area contributed by atoms with Crippen molar-refractivity contribution in [3.63, 3.8) is 0 Å². The summed E-state index contributed by atoms with van der Waals surface area (Å²) in [6, 6.07) is 9.60. The number of aromatic nitrogens is 2. The molecule has 0 aliphatic heterocycles. The summed E-state index contributed by atoms with van der Waals surface area (Å²) < 4.78 is 18.3. The van der Waals surface area contributed by atoms with E-state index in [-0.39, 0.29) is 0 Å². The maximum atomic E-state index is 5.79. The number of fused-ring (bicyclic) bond motifs is 1. The molecule has 0 spiro atoms. The van der Waals surface area contributed by atoms with Gasteiger partial charge in [-0.15, -0.1) is 0 Å². The zero-order chi connectivity index (χ0) is 14.7. The third-order valence-electron chi connectivity index (χ3n) is 3.11. The van der Waals surface area contributed by atoms with Crippen molar-refractivity contribution < 1.29 is 18.5 Å². The molecule has 0 N–H and O–H groups in total. The van der Waals surface area contributed by atoms with Crippen LogP contribution in [-0.2, 0) is 11.8 Å². The Morgan fingerprint density at radius 2 is 2.14 bits per heavy atom. The van der Waals surface area contributed by atoms with Gasteiger partial charge in [-0.2, -0.15) is 0 Å². The Balaban J connectivity index is 1.89. The molecule has 5 heteroatoms. The molecule has 0 amide bonds. The van der Waals surface area contributed by atoms with Crippen LogP contribution < -0.4 is 9.30 Å². The van der Waals surface area contributed by atoms with Crippen LogP contribution in [0.5, 0.6) is 5.75 Å². The van der Waals surface area contributed by atoms with E-state index in [1.54, 1.807) is 7.11 Å². The largest absolute Gasteiger partial charge is 0.491 e. The van der Waals surface area contributed by atoms with E-state index in [2.05, 4.69) is 4.98 Å². The van der Waals surface area contributed by atoms with E-state index >= 15 is 0 Å². The average molecular weight is 285 g/mol. The van der Waals surface area contributed by atoms with Crippen LogP contribution in [0.2, 0.25) is 0 Å². The predicted molar refractivity (Wildman–Crippen MR) is 78.0 cm³/mol. The fourth-order valence-corrected chi connectivity index (χ4v) is 2.06. The minimum Gasteiger partial charge on any atom is -0.491 e. The van der Waals surface area contributed by atoms with Crippen LogP contribution >= 0.6 is 0 Å². The van der Waals surface area contributed by atoms with Gasteiger partial charge in [-0.1, -0.05) is 6.07 Å². The van der Waals surface area contributed by atoms with Crippen molar-refractivity contribution >= 4 is 11.1 Å². The molecule has 108 valence electrons. The lowest BCUT2D eigenvalue weighted by Gasteiger charge is -2.05. The van der Waals surface area contributed by atoms with Crippen molar-refractivity contribution in [1.82, 2.24) is 4.98 Å². The molecule has 5 nitrogen and oxygen atoms in total. The molecule has 0 atom stereocenters. The molecule has 0 radical (unpaired) electrons. The summed E-state index contributed by atoms with van der Waals surface area (Å²) in [5.41, 5.74) is 2.50. The molecule has 0 aliphatic rings. The van der Waals surface area contributed by atoms with Crippen LogP contribution in [0.3, 0.4) is 0 Å². The monoisotopic (exact) mass is 285 g/mol. The number of nitrogens with zero attached hydrogens (tertiary/aromatic N) is 2. The van der Waals surface area contributed by atoms with Crippen LogP contribution in [-0.4, -0.2) is 25.3 Å². The molecule has 3 aromatic rings. The fraction of sp³-hybridized carbons (Fsp3) is 0.250. The van der Waals surface area contributed by atoms with E-state index in [9.17, 15) is 0 Å². The highest BCUT2D eigenvalue weighted by molar-refractivity contribution is 5.74. The van der Waals surface area contributed by atoms with Gasteiger partial charge in [-0.05, 0) is 18.2 Å². The second-order valence-corrected chi connectivity index (χ2v) is 4.75. The van der Waals surface area contributed by atoms with Gasteiger partial charge in [0.15, 0.2) is 23.5 Å². The van der Waals surface area contributed by atoms with Gasteiger partial charge in [0.1, 0.15) is 19.4 Å². The topological polar surface area (TPSA) is 48.4 Å². The highest BCUT2D eigenvalue weighted by Crippen LogP contribution is 2.26. The first-order chi connectivity index (χ1) is 10.3. The van der Waals surface area contributed by atoms with E-state index in [1.165, 1.54) is 0 Å². The van der Waals surface area contributed by atoms with Gasteiger partial charge in [0.25, 0.3) is 0 Å². The smallest absolute Gasteiger partial charge is 0.227 e.